The number of amides is 1. The van der Waals surface area contributed by atoms with Gasteiger partial charge in [-0.1, -0.05) is 23.7 Å². The lowest BCUT2D eigenvalue weighted by atomic mass is 10.1. The van der Waals surface area contributed by atoms with Gasteiger partial charge >= 0.3 is 0 Å². The number of anilines is 1. The first-order valence-corrected chi connectivity index (χ1v) is 10.2. The molecule has 0 unspecified atom stereocenters. The van der Waals surface area contributed by atoms with Crippen molar-refractivity contribution in [2.75, 3.05) is 5.32 Å². The number of rotatable bonds is 3. The standard InChI is InChI=1S/C23H18ClN3O3S/c1-12-8-13(2)20-18(9-12)26-22(30-20)17-7-6-16(11-19(17)28)25-23(31)27-21(29)14-4-3-5-15(24)10-14/h3-11,28H,1-2H3,(H2,25,27,29,31). The van der Waals surface area contributed by atoms with Crippen LogP contribution in [0.4, 0.5) is 5.69 Å². The maximum atomic E-state index is 12.3. The average Bonchev–Trinajstić information content (AvgIpc) is 3.12. The molecule has 0 atom stereocenters. The van der Waals surface area contributed by atoms with E-state index in [1.54, 1.807) is 36.4 Å². The number of thiocarbonyl (C=S) groups is 1. The number of nitrogens with one attached hydrogen (secondary N) is 2. The molecule has 8 heteroatoms. The third-order valence-electron chi connectivity index (χ3n) is 4.62. The smallest absolute Gasteiger partial charge is 0.257 e. The minimum atomic E-state index is -0.391. The van der Waals surface area contributed by atoms with Gasteiger partial charge in [-0.05, 0) is 73.6 Å². The summed E-state index contributed by atoms with van der Waals surface area (Å²) in [5, 5.41) is 16.5. The van der Waals surface area contributed by atoms with E-state index in [1.807, 2.05) is 26.0 Å². The van der Waals surface area contributed by atoms with E-state index in [9.17, 15) is 9.90 Å². The number of nitrogens with zero attached hydrogens (tertiary/aromatic N) is 1. The topological polar surface area (TPSA) is 87.4 Å². The van der Waals surface area contributed by atoms with Crippen molar-refractivity contribution in [3.05, 3.63) is 76.3 Å². The Morgan fingerprint density at radius 3 is 2.68 bits per heavy atom. The van der Waals surface area contributed by atoms with Crippen LogP contribution >= 0.6 is 23.8 Å². The van der Waals surface area contributed by atoms with E-state index in [0.717, 1.165) is 16.6 Å². The summed E-state index contributed by atoms with van der Waals surface area (Å²) < 4.78 is 5.87. The Bertz CT molecular complexity index is 1330. The number of phenolic OH excluding ortho intramolecular Hbond substituents is 1. The van der Waals surface area contributed by atoms with Crippen molar-refractivity contribution in [2.24, 2.45) is 0 Å². The first-order chi connectivity index (χ1) is 14.8. The van der Waals surface area contributed by atoms with Crippen LogP contribution in [0, 0.1) is 13.8 Å². The van der Waals surface area contributed by atoms with Crippen LogP contribution in [0.5, 0.6) is 5.75 Å². The number of hydrogen-bond acceptors (Lipinski definition) is 5. The first-order valence-electron chi connectivity index (χ1n) is 9.39. The number of hydrogen-bond donors (Lipinski definition) is 3. The first kappa shape index (κ1) is 20.8. The van der Waals surface area contributed by atoms with Crippen LogP contribution in [-0.4, -0.2) is 21.1 Å². The summed E-state index contributed by atoms with van der Waals surface area (Å²) in [4.78, 5) is 16.8. The molecule has 6 nitrogen and oxygen atoms in total. The third-order valence-corrected chi connectivity index (χ3v) is 5.06. The maximum absolute atomic E-state index is 12.3. The zero-order valence-electron chi connectivity index (χ0n) is 16.7. The molecule has 0 aliphatic carbocycles. The summed E-state index contributed by atoms with van der Waals surface area (Å²) in [6, 6.07) is 15.4. The summed E-state index contributed by atoms with van der Waals surface area (Å²) in [7, 11) is 0. The fourth-order valence-corrected chi connectivity index (χ4v) is 3.65. The minimum Gasteiger partial charge on any atom is -0.507 e. The van der Waals surface area contributed by atoms with Crippen LogP contribution in [-0.2, 0) is 0 Å². The zero-order chi connectivity index (χ0) is 22.1. The molecule has 0 radical (unpaired) electrons. The Labute approximate surface area is 188 Å². The van der Waals surface area contributed by atoms with Crippen molar-refractivity contribution in [1.29, 1.82) is 0 Å². The molecular formula is C23H18ClN3O3S. The largest absolute Gasteiger partial charge is 0.507 e. The number of aromatic hydroxyl groups is 1. The fraction of sp³-hybridized carbons (Fsp3) is 0.0870. The highest BCUT2D eigenvalue weighted by Gasteiger charge is 2.15. The van der Waals surface area contributed by atoms with E-state index in [2.05, 4.69) is 15.6 Å². The van der Waals surface area contributed by atoms with Gasteiger partial charge in [-0.15, -0.1) is 0 Å². The molecule has 1 heterocycles. The summed E-state index contributed by atoms with van der Waals surface area (Å²) in [6.45, 7) is 3.95. The molecular weight excluding hydrogens is 434 g/mol. The number of carbonyl (C=O) groups excluding carboxylic acids is 1. The Balaban J connectivity index is 1.50. The highest BCUT2D eigenvalue weighted by molar-refractivity contribution is 7.80. The van der Waals surface area contributed by atoms with Gasteiger partial charge in [0.1, 0.15) is 11.3 Å². The van der Waals surface area contributed by atoms with Gasteiger partial charge in [-0.25, -0.2) is 4.98 Å². The summed E-state index contributed by atoms with van der Waals surface area (Å²) in [5.41, 5.74) is 4.82. The van der Waals surface area contributed by atoms with Crippen molar-refractivity contribution < 1.29 is 14.3 Å². The highest BCUT2D eigenvalue weighted by atomic mass is 35.5. The van der Waals surface area contributed by atoms with Crippen LogP contribution in [0.3, 0.4) is 0 Å². The zero-order valence-corrected chi connectivity index (χ0v) is 18.3. The molecule has 4 aromatic rings. The number of benzene rings is 3. The Morgan fingerprint density at radius 2 is 1.94 bits per heavy atom. The van der Waals surface area contributed by atoms with Crippen molar-refractivity contribution >= 4 is 51.6 Å². The Hall–Kier alpha value is -3.42. The average molecular weight is 452 g/mol. The van der Waals surface area contributed by atoms with Crippen LogP contribution in [0.1, 0.15) is 21.5 Å². The number of carbonyl (C=O) groups is 1. The molecule has 0 bridgehead atoms. The molecule has 1 aromatic heterocycles. The number of phenols is 1. The lowest BCUT2D eigenvalue weighted by molar-refractivity contribution is 0.0977. The molecule has 0 spiro atoms. The normalized spacial score (nSPS) is 10.8. The molecule has 3 N–H and O–H groups in total. The summed E-state index contributed by atoms with van der Waals surface area (Å²) in [6.07, 6.45) is 0. The summed E-state index contributed by atoms with van der Waals surface area (Å²) >= 11 is 11.1. The van der Waals surface area contributed by atoms with Gasteiger partial charge in [-0.2, -0.15) is 0 Å². The molecule has 156 valence electrons. The quantitative estimate of drug-likeness (QED) is 0.351. The second-order valence-electron chi connectivity index (χ2n) is 7.10. The van der Waals surface area contributed by atoms with Gasteiger partial charge in [0.25, 0.3) is 5.91 Å². The molecule has 0 aliphatic rings. The van der Waals surface area contributed by atoms with Gasteiger partial charge in [-0.3, -0.25) is 10.1 Å². The number of oxazole rings is 1. The van der Waals surface area contributed by atoms with Crippen LogP contribution < -0.4 is 10.6 Å². The van der Waals surface area contributed by atoms with E-state index >= 15 is 0 Å². The van der Waals surface area contributed by atoms with E-state index in [4.69, 9.17) is 28.2 Å². The lowest BCUT2D eigenvalue weighted by Crippen LogP contribution is -2.34. The summed E-state index contributed by atoms with van der Waals surface area (Å²) in [5.74, 6) is -0.0996. The number of fused-ring (bicyclic) bond motifs is 1. The van der Waals surface area contributed by atoms with Gasteiger partial charge < -0.3 is 14.8 Å². The minimum absolute atomic E-state index is 0.0325. The molecule has 31 heavy (non-hydrogen) atoms. The van der Waals surface area contributed by atoms with E-state index in [0.29, 0.717) is 33.3 Å². The van der Waals surface area contributed by atoms with Crippen LogP contribution in [0.2, 0.25) is 5.02 Å². The lowest BCUT2D eigenvalue weighted by Gasteiger charge is -2.11. The van der Waals surface area contributed by atoms with Gasteiger partial charge in [0, 0.05) is 22.3 Å². The maximum Gasteiger partial charge on any atom is 0.257 e. The predicted octanol–water partition coefficient (Wildman–Crippen LogP) is 5.60. The Morgan fingerprint density at radius 1 is 1.13 bits per heavy atom. The van der Waals surface area contributed by atoms with Crippen molar-refractivity contribution in [2.45, 2.75) is 13.8 Å². The molecule has 3 aromatic carbocycles. The van der Waals surface area contributed by atoms with E-state index in [1.165, 1.54) is 6.07 Å². The number of aromatic nitrogens is 1. The van der Waals surface area contributed by atoms with Crippen molar-refractivity contribution in [3.8, 4) is 17.2 Å². The molecule has 0 saturated heterocycles. The second kappa shape index (κ2) is 8.37. The van der Waals surface area contributed by atoms with Crippen LogP contribution in [0.15, 0.2) is 59.0 Å². The third kappa shape index (κ3) is 4.52. The number of halogens is 1. The van der Waals surface area contributed by atoms with Crippen molar-refractivity contribution in [3.63, 3.8) is 0 Å². The monoisotopic (exact) mass is 451 g/mol. The van der Waals surface area contributed by atoms with E-state index in [-0.39, 0.29) is 10.9 Å². The second-order valence-corrected chi connectivity index (χ2v) is 7.94. The molecule has 0 fully saturated rings. The Kier molecular flexibility index (Phi) is 5.63. The van der Waals surface area contributed by atoms with Gasteiger partial charge in [0.2, 0.25) is 5.89 Å². The molecule has 1 amide bonds. The molecule has 4 rings (SSSR count). The highest BCUT2D eigenvalue weighted by Crippen LogP contribution is 2.34. The predicted molar refractivity (Wildman–Crippen MR) is 126 cm³/mol. The van der Waals surface area contributed by atoms with Gasteiger partial charge in [0.05, 0.1) is 5.56 Å². The van der Waals surface area contributed by atoms with E-state index < -0.39 is 5.91 Å². The SMILES string of the molecule is Cc1cc(C)c2oc(-c3ccc(NC(=S)NC(=O)c4cccc(Cl)c4)cc3O)nc2c1. The molecule has 0 aliphatic heterocycles. The van der Waals surface area contributed by atoms with Gasteiger partial charge in [0.15, 0.2) is 10.7 Å². The molecule has 0 saturated carbocycles. The fourth-order valence-electron chi connectivity index (χ4n) is 3.25. The number of aryl methyl sites for hydroxylation is 2. The van der Waals surface area contributed by atoms with Crippen LogP contribution in [0.25, 0.3) is 22.6 Å². The van der Waals surface area contributed by atoms with Crippen molar-refractivity contribution in [1.82, 2.24) is 10.3 Å².